The fraction of sp³-hybridized carbons (Fsp3) is 0.857. The van der Waals surface area contributed by atoms with Crippen LogP contribution in [0.15, 0.2) is 0 Å². The van der Waals surface area contributed by atoms with Crippen molar-refractivity contribution in [1.29, 1.82) is 0 Å². The summed E-state index contributed by atoms with van der Waals surface area (Å²) < 4.78 is 0. The van der Waals surface area contributed by atoms with Crippen molar-refractivity contribution in [2.75, 3.05) is 19.6 Å². The van der Waals surface area contributed by atoms with E-state index in [0.29, 0.717) is 12.3 Å². The van der Waals surface area contributed by atoms with Gasteiger partial charge >= 0.3 is 0 Å². The molecule has 5 nitrogen and oxygen atoms in total. The molecule has 108 valence electrons. The van der Waals surface area contributed by atoms with E-state index in [1.165, 1.54) is 0 Å². The zero-order valence-electron chi connectivity index (χ0n) is 12.2. The van der Waals surface area contributed by atoms with Crippen molar-refractivity contribution in [3.63, 3.8) is 0 Å². The third-order valence-corrected chi connectivity index (χ3v) is 3.85. The summed E-state index contributed by atoms with van der Waals surface area (Å²) in [6, 6.07) is 0.244. The summed E-state index contributed by atoms with van der Waals surface area (Å²) >= 11 is 0. The number of carbonyl (C=O) groups is 2. The molecule has 2 N–H and O–H groups in total. The van der Waals surface area contributed by atoms with Crippen LogP contribution >= 0.6 is 0 Å². The topological polar surface area (TPSA) is 61.4 Å². The summed E-state index contributed by atoms with van der Waals surface area (Å²) in [6.45, 7) is 7.97. The lowest BCUT2D eigenvalue weighted by Crippen LogP contribution is -2.58. The van der Waals surface area contributed by atoms with Gasteiger partial charge in [0.2, 0.25) is 11.8 Å². The van der Waals surface area contributed by atoms with E-state index >= 15 is 0 Å². The Balaban J connectivity index is 1.99. The van der Waals surface area contributed by atoms with E-state index in [4.69, 9.17) is 0 Å². The molecule has 2 unspecified atom stereocenters. The van der Waals surface area contributed by atoms with Crippen molar-refractivity contribution in [1.82, 2.24) is 15.5 Å². The molecule has 0 saturated carbocycles. The van der Waals surface area contributed by atoms with Gasteiger partial charge in [-0.15, -0.1) is 0 Å². The summed E-state index contributed by atoms with van der Waals surface area (Å²) in [5, 5.41) is 6.31. The van der Waals surface area contributed by atoms with Crippen molar-refractivity contribution in [2.45, 2.75) is 51.6 Å². The Bertz CT molecular complexity index is 362. The van der Waals surface area contributed by atoms with Crippen LogP contribution in [0.25, 0.3) is 0 Å². The molecule has 2 fully saturated rings. The minimum Gasteiger partial charge on any atom is -0.350 e. The molecule has 2 amide bonds. The first-order valence-electron chi connectivity index (χ1n) is 7.18. The SMILES string of the molecule is CC(C)(C)NC(=O)CN1C(=O)CCC2CNCCC21. The summed E-state index contributed by atoms with van der Waals surface area (Å²) in [4.78, 5) is 25.9. The van der Waals surface area contributed by atoms with Crippen LogP contribution in [-0.4, -0.2) is 47.9 Å². The van der Waals surface area contributed by atoms with Gasteiger partial charge in [-0.25, -0.2) is 0 Å². The summed E-state index contributed by atoms with van der Waals surface area (Å²) in [6.07, 6.45) is 2.48. The Morgan fingerprint density at radius 1 is 1.42 bits per heavy atom. The second-order valence-electron chi connectivity index (χ2n) is 6.68. The Morgan fingerprint density at radius 2 is 2.16 bits per heavy atom. The van der Waals surface area contributed by atoms with Crippen molar-refractivity contribution < 1.29 is 9.59 Å². The van der Waals surface area contributed by atoms with Gasteiger partial charge in [0.15, 0.2) is 0 Å². The minimum absolute atomic E-state index is 0.0555. The Labute approximate surface area is 115 Å². The largest absolute Gasteiger partial charge is 0.350 e. The molecule has 19 heavy (non-hydrogen) atoms. The predicted molar refractivity (Wildman–Crippen MR) is 73.6 cm³/mol. The smallest absolute Gasteiger partial charge is 0.240 e. The van der Waals surface area contributed by atoms with Gasteiger partial charge in [0, 0.05) is 18.0 Å². The molecule has 0 aromatic heterocycles. The number of hydrogen-bond acceptors (Lipinski definition) is 3. The average Bonchev–Trinajstić information content (AvgIpc) is 2.31. The van der Waals surface area contributed by atoms with Crippen LogP contribution in [0.3, 0.4) is 0 Å². The van der Waals surface area contributed by atoms with Crippen LogP contribution in [0.1, 0.15) is 40.0 Å². The first-order valence-corrected chi connectivity index (χ1v) is 7.18. The Morgan fingerprint density at radius 3 is 2.84 bits per heavy atom. The number of rotatable bonds is 2. The molecule has 0 bridgehead atoms. The van der Waals surface area contributed by atoms with Gasteiger partial charge in [-0.05, 0) is 52.6 Å². The normalized spacial score (nSPS) is 27.9. The van der Waals surface area contributed by atoms with E-state index in [-0.39, 0.29) is 29.9 Å². The van der Waals surface area contributed by atoms with E-state index in [1.54, 1.807) is 4.90 Å². The molecule has 2 aliphatic heterocycles. The van der Waals surface area contributed by atoms with E-state index in [9.17, 15) is 9.59 Å². The lowest BCUT2D eigenvalue weighted by atomic mass is 9.84. The van der Waals surface area contributed by atoms with Crippen LogP contribution in [-0.2, 0) is 9.59 Å². The Kier molecular flexibility index (Phi) is 4.13. The van der Waals surface area contributed by atoms with Gasteiger partial charge < -0.3 is 15.5 Å². The van der Waals surface area contributed by atoms with Gasteiger partial charge in [-0.1, -0.05) is 0 Å². The molecule has 2 aliphatic rings. The maximum atomic E-state index is 12.1. The highest BCUT2D eigenvalue weighted by atomic mass is 16.2. The lowest BCUT2D eigenvalue weighted by molar-refractivity contribution is -0.144. The molecule has 0 aliphatic carbocycles. The number of amides is 2. The van der Waals surface area contributed by atoms with Crippen molar-refractivity contribution in [3.05, 3.63) is 0 Å². The third kappa shape index (κ3) is 3.69. The fourth-order valence-corrected chi connectivity index (χ4v) is 3.07. The Hall–Kier alpha value is -1.10. The van der Waals surface area contributed by atoms with Gasteiger partial charge in [0.25, 0.3) is 0 Å². The molecule has 0 spiro atoms. The maximum Gasteiger partial charge on any atom is 0.240 e. The molecular weight excluding hydrogens is 242 g/mol. The second kappa shape index (κ2) is 5.49. The molecule has 0 radical (unpaired) electrons. The van der Waals surface area contributed by atoms with E-state index in [1.807, 2.05) is 20.8 Å². The van der Waals surface area contributed by atoms with Gasteiger partial charge in [0.1, 0.15) is 0 Å². The van der Waals surface area contributed by atoms with Crippen LogP contribution in [0.2, 0.25) is 0 Å². The molecule has 2 rings (SSSR count). The van der Waals surface area contributed by atoms with Gasteiger partial charge in [-0.2, -0.15) is 0 Å². The quantitative estimate of drug-likeness (QED) is 0.766. The van der Waals surface area contributed by atoms with Crippen molar-refractivity contribution in [3.8, 4) is 0 Å². The lowest BCUT2D eigenvalue weighted by Gasteiger charge is -2.44. The number of piperidine rings is 2. The summed E-state index contributed by atoms with van der Waals surface area (Å²) in [7, 11) is 0. The zero-order valence-corrected chi connectivity index (χ0v) is 12.2. The summed E-state index contributed by atoms with van der Waals surface area (Å²) in [5.74, 6) is 0.584. The number of fused-ring (bicyclic) bond motifs is 1. The van der Waals surface area contributed by atoms with E-state index < -0.39 is 0 Å². The van der Waals surface area contributed by atoms with Crippen LogP contribution < -0.4 is 10.6 Å². The van der Waals surface area contributed by atoms with Crippen LogP contribution in [0, 0.1) is 5.92 Å². The highest BCUT2D eigenvalue weighted by Gasteiger charge is 2.38. The fourth-order valence-electron chi connectivity index (χ4n) is 3.07. The first kappa shape index (κ1) is 14.3. The number of likely N-dealkylation sites (tertiary alicyclic amines) is 1. The number of nitrogens with zero attached hydrogens (tertiary/aromatic N) is 1. The molecule has 5 heteroatoms. The number of nitrogens with one attached hydrogen (secondary N) is 2. The minimum atomic E-state index is -0.247. The van der Waals surface area contributed by atoms with Crippen LogP contribution in [0.5, 0.6) is 0 Å². The highest BCUT2D eigenvalue weighted by Crippen LogP contribution is 2.28. The second-order valence-corrected chi connectivity index (χ2v) is 6.68. The molecule has 0 aromatic rings. The van der Waals surface area contributed by atoms with Crippen LogP contribution in [0.4, 0.5) is 0 Å². The predicted octanol–water partition coefficient (Wildman–Crippen LogP) is 0.502. The highest BCUT2D eigenvalue weighted by molar-refractivity contribution is 5.85. The van der Waals surface area contributed by atoms with Gasteiger partial charge in [0.05, 0.1) is 6.54 Å². The average molecular weight is 267 g/mol. The van der Waals surface area contributed by atoms with Crippen molar-refractivity contribution in [2.24, 2.45) is 5.92 Å². The molecule has 2 heterocycles. The zero-order chi connectivity index (χ0) is 14.0. The number of carbonyl (C=O) groups excluding carboxylic acids is 2. The molecule has 2 saturated heterocycles. The summed E-state index contributed by atoms with van der Waals surface area (Å²) in [5.41, 5.74) is -0.247. The monoisotopic (exact) mass is 267 g/mol. The number of hydrogen-bond donors (Lipinski definition) is 2. The van der Waals surface area contributed by atoms with Crippen molar-refractivity contribution >= 4 is 11.8 Å². The maximum absolute atomic E-state index is 12.1. The molecule has 2 atom stereocenters. The van der Waals surface area contributed by atoms with E-state index in [0.717, 1.165) is 25.9 Å². The molecule has 0 aromatic carbocycles. The standard InChI is InChI=1S/C14H25N3O2/c1-14(2,3)16-12(18)9-17-11-6-7-15-8-10(11)4-5-13(17)19/h10-11,15H,4-9H2,1-3H3,(H,16,18). The van der Waals surface area contributed by atoms with Gasteiger partial charge in [-0.3, -0.25) is 9.59 Å². The first-order chi connectivity index (χ1) is 8.87. The third-order valence-electron chi connectivity index (χ3n) is 3.85. The van der Waals surface area contributed by atoms with E-state index in [2.05, 4.69) is 10.6 Å². The molecular formula is C14H25N3O2.